The van der Waals surface area contributed by atoms with Crippen LogP contribution >= 0.6 is 24.0 Å². The highest BCUT2D eigenvalue weighted by atomic mass is 127. The Labute approximate surface area is 95.8 Å². The first-order valence-electron chi connectivity index (χ1n) is 4.40. The molecule has 0 aliphatic carbocycles. The van der Waals surface area contributed by atoms with Crippen LogP contribution in [-0.4, -0.2) is 44.2 Å². The highest BCUT2D eigenvalue weighted by Gasteiger charge is 2.14. The number of halogens is 2. The lowest BCUT2D eigenvalue weighted by molar-refractivity contribution is 0.459. The molecule has 0 aromatic heterocycles. The zero-order valence-electron chi connectivity index (χ0n) is 7.92. The Hall–Kier alpha value is -0.0700. The van der Waals surface area contributed by atoms with Gasteiger partial charge in [0.15, 0.2) is 5.96 Å². The van der Waals surface area contributed by atoms with Gasteiger partial charge < -0.3 is 10.2 Å². The van der Waals surface area contributed by atoms with Gasteiger partial charge in [-0.3, -0.25) is 4.99 Å². The number of aliphatic imine (C=N–C) groups is 1. The van der Waals surface area contributed by atoms with E-state index in [4.69, 9.17) is 0 Å². The SMILES string of the molecule is CN=C(NCCF)N1CCCC1.I. The molecule has 78 valence electrons. The van der Waals surface area contributed by atoms with Crippen molar-refractivity contribution in [1.29, 1.82) is 0 Å². The lowest BCUT2D eigenvalue weighted by Crippen LogP contribution is -2.40. The van der Waals surface area contributed by atoms with E-state index in [0.29, 0.717) is 6.54 Å². The van der Waals surface area contributed by atoms with Gasteiger partial charge in [0, 0.05) is 26.7 Å². The van der Waals surface area contributed by atoms with Crippen molar-refractivity contribution in [3.05, 3.63) is 0 Å². The average molecular weight is 301 g/mol. The molecule has 0 radical (unpaired) electrons. The van der Waals surface area contributed by atoms with Crippen LogP contribution in [-0.2, 0) is 0 Å². The van der Waals surface area contributed by atoms with Crippen LogP contribution in [0.2, 0.25) is 0 Å². The third-order valence-corrected chi connectivity index (χ3v) is 2.00. The van der Waals surface area contributed by atoms with Crippen molar-refractivity contribution in [3.63, 3.8) is 0 Å². The molecule has 0 amide bonds. The molecule has 0 aromatic rings. The van der Waals surface area contributed by atoms with Crippen LogP contribution in [0.15, 0.2) is 4.99 Å². The second kappa shape index (κ2) is 7.34. The molecular weight excluding hydrogens is 284 g/mol. The van der Waals surface area contributed by atoms with Gasteiger partial charge in [-0.15, -0.1) is 24.0 Å². The first-order chi connectivity index (χ1) is 5.88. The zero-order chi connectivity index (χ0) is 8.81. The van der Waals surface area contributed by atoms with Crippen molar-refractivity contribution >= 4 is 29.9 Å². The van der Waals surface area contributed by atoms with Crippen LogP contribution in [0.1, 0.15) is 12.8 Å². The molecule has 5 heteroatoms. The number of nitrogens with one attached hydrogen (secondary N) is 1. The van der Waals surface area contributed by atoms with Gasteiger partial charge in [0.2, 0.25) is 0 Å². The molecule has 1 rings (SSSR count). The van der Waals surface area contributed by atoms with Crippen LogP contribution in [0.4, 0.5) is 4.39 Å². The van der Waals surface area contributed by atoms with E-state index in [2.05, 4.69) is 15.2 Å². The Morgan fingerprint density at radius 1 is 1.46 bits per heavy atom. The number of nitrogens with zero attached hydrogens (tertiary/aromatic N) is 2. The van der Waals surface area contributed by atoms with Gasteiger partial charge in [-0.05, 0) is 12.8 Å². The van der Waals surface area contributed by atoms with Crippen molar-refractivity contribution in [2.45, 2.75) is 12.8 Å². The fraction of sp³-hybridized carbons (Fsp3) is 0.875. The Morgan fingerprint density at radius 3 is 2.54 bits per heavy atom. The van der Waals surface area contributed by atoms with Crippen molar-refractivity contribution in [3.8, 4) is 0 Å². The fourth-order valence-corrected chi connectivity index (χ4v) is 1.42. The van der Waals surface area contributed by atoms with E-state index >= 15 is 0 Å². The maximum atomic E-state index is 11.8. The maximum Gasteiger partial charge on any atom is 0.193 e. The summed E-state index contributed by atoms with van der Waals surface area (Å²) in [6, 6.07) is 0. The summed E-state index contributed by atoms with van der Waals surface area (Å²) in [6.45, 7) is 2.12. The van der Waals surface area contributed by atoms with Crippen LogP contribution in [0.3, 0.4) is 0 Å². The summed E-state index contributed by atoms with van der Waals surface area (Å²) in [5.74, 6) is 0.838. The van der Waals surface area contributed by atoms with E-state index in [1.807, 2.05) is 0 Å². The Balaban J connectivity index is 0.00000144. The summed E-state index contributed by atoms with van der Waals surface area (Å²) in [5.41, 5.74) is 0. The van der Waals surface area contributed by atoms with Gasteiger partial charge in [-0.2, -0.15) is 0 Å². The van der Waals surface area contributed by atoms with E-state index in [1.165, 1.54) is 12.8 Å². The summed E-state index contributed by atoms with van der Waals surface area (Å²) >= 11 is 0. The van der Waals surface area contributed by atoms with Crippen LogP contribution in [0, 0.1) is 0 Å². The summed E-state index contributed by atoms with van der Waals surface area (Å²) in [7, 11) is 1.74. The van der Waals surface area contributed by atoms with Crippen LogP contribution in [0.5, 0.6) is 0 Å². The van der Waals surface area contributed by atoms with Gasteiger partial charge >= 0.3 is 0 Å². The molecule has 1 N–H and O–H groups in total. The van der Waals surface area contributed by atoms with Crippen molar-refractivity contribution in [1.82, 2.24) is 10.2 Å². The molecule has 1 fully saturated rings. The van der Waals surface area contributed by atoms with Gasteiger partial charge in [0.25, 0.3) is 0 Å². The lowest BCUT2D eigenvalue weighted by Gasteiger charge is -2.19. The second-order valence-corrected chi connectivity index (χ2v) is 2.86. The summed E-state index contributed by atoms with van der Waals surface area (Å²) in [4.78, 5) is 6.23. The molecule has 1 heterocycles. The predicted octanol–water partition coefficient (Wildman–Crippen LogP) is 1.25. The highest BCUT2D eigenvalue weighted by Crippen LogP contribution is 2.06. The molecular formula is C8H17FIN3. The van der Waals surface area contributed by atoms with Gasteiger partial charge in [0.1, 0.15) is 6.67 Å². The average Bonchev–Trinajstić information content (AvgIpc) is 2.59. The largest absolute Gasteiger partial charge is 0.354 e. The molecule has 0 aromatic carbocycles. The molecule has 0 saturated carbocycles. The van der Waals surface area contributed by atoms with Gasteiger partial charge in [0.05, 0.1) is 0 Å². The molecule has 1 aliphatic heterocycles. The Morgan fingerprint density at radius 2 is 2.08 bits per heavy atom. The summed E-state index contributed by atoms with van der Waals surface area (Å²) < 4.78 is 11.8. The molecule has 3 nitrogen and oxygen atoms in total. The summed E-state index contributed by atoms with van der Waals surface area (Å²) in [6.07, 6.45) is 2.44. The molecule has 1 aliphatic rings. The van der Waals surface area contributed by atoms with Crippen molar-refractivity contribution in [2.24, 2.45) is 4.99 Å². The zero-order valence-corrected chi connectivity index (χ0v) is 10.3. The predicted molar refractivity (Wildman–Crippen MR) is 63.6 cm³/mol. The number of hydrogen-bond donors (Lipinski definition) is 1. The Bertz CT molecular complexity index is 157. The second-order valence-electron chi connectivity index (χ2n) is 2.86. The van der Waals surface area contributed by atoms with Crippen LogP contribution in [0.25, 0.3) is 0 Å². The minimum absolute atomic E-state index is 0. The third kappa shape index (κ3) is 4.10. The standard InChI is InChI=1S/C8H16FN3.HI/c1-10-8(11-5-4-9)12-6-2-3-7-12;/h2-7H2,1H3,(H,10,11);1H. The quantitative estimate of drug-likeness (QED) is 0.472. The molecule has 0 spiro atoms. The lowest BCUT2D eigenvalue weighted by atomic mass is 10.4. The number of guanidine groups is 1. The monoisotopic (exact) mass is 301 g/mol. The molecule has 1 saturated heterocycles. The minimum Gasteiger partial charge on any atom is -0.354 e. The number of hydrogen-bond acceptors (Lipinski definition) is 1. The molecule has 0 bridgehead atoms. The van der Waals surface area contributed by atoms with E-state index in [0.717, 1.165) is 19.0 Å². The number of likely N-dealkylation sites (tertiary alicyclic amines) is 1. The maximum absolute atomic E-state index is 11.8. The normalized spacial score (nSPS) is 17.1. The molecule has 13 heavy (non-hydrogen) atoms. The minimum atomic E-state index is -0.340. The third-order valence-electron chi connectivity index (χ3n) is 2.00. The first-order valence-corrected chi connectivity index (χ1v) is 4.40. The topological polar surface area (TPSA) is 27.6 Å². The van der Waals surface area contributed by atoms with Gasteiger partial charge in [-0.1, -0.05) is 0 Å². The van der Waals surface area contributed by atoms with E-state index in [-0.39, 0.29) is 30.7 Å². The smallest absolute Gasteiger partial charge is 0.193 e. The van der Waals surface area contributed by atoms with Crippen molar-refractivity contribution < 1.29 is 4.39 Å². The molecule has 0 atom stereocenters. The first kappa shape index (κ1) is 12.9. The van der Waals surface area contributed by atoms with E-state index in [1.54, 1.807) is 7.05 Å². The van der Waals surface area contributed by atoms with E-state index in [9.17, 15) is 4.39 Å². The fourth-order valence-electron chi connectivity index (χ4n) is 1.42. The van der Waals surface area contributed by atoms with Crippen molar-refractivity contribution in [2.75, 3.05) is 33.4 Å². The highest BCUT2D eigenvalue weighted by molar-refractivity contribution is 14.0. The van der Waals surface area contributed by atoms with Crippen LogP contribution < -0.4 is 5.32 Å². The molecule has 0 unspecified atom stereocenters. The van der Waals surface area contributed by atoms with Gasteiger partial charge in [-0.25, -0.2) is 4.39 Å². The number of alkyl halides is 1. The Kier molecular flexibility index (Phi) is 7.31. The van der Waals surface area contributed by atoms with E-state index < -0.39 is 0 Å². The summed E-state index contributed by atoms with van der Waals surface area (Å²) in [5, 5.41) is 2.96. The number of rotatable bonds is 2.